The van der Waals surface area contributed by atoms with Crippen molar-refractivity contribution >= 4 is 17.8 Å². The molecule has 0 aliphatic rings. The molecule has 0 aliphatic carbocycles. The lowest BCUT2D eigenvalue weighted by Crippen LogP contribution is -2.22. The van der Waals surface area contributed by atoms with Crippen LogP contribution in [0.15, 0.2) is 46.4 Å². The summed E-state index contributed by atoms with van der Waals surface area (Å²) >= 11 is 0. The van der Waals surface area contributed by atoms with E-state index in [1.165, 1.54) is 17.9 Å². The molecule has 5 heteroatoms. The summed E-state index contributed by atoms with van der Waals surface area (Å²) in [5.74, 6) is 0.555. The molecular weight excluding hydrogens is 292 g/mol. The van der Waals surface area contributed by atoms with Gasteiger partial charge >= 0.3 is 0 Å². The summed E-state index contributed by atoms with van der Waals surface area (Å²) in [5, 5.41) is 9.08. The number of ketones is 1. The molecule has 1 heterocycles. The van der Waals surface area contributed by atoms with Crippen LogP contribution in [-0.4, -0.2) is 30.7 Å². The van der Waals surface area contributed by atoms with Crippen molar-refractivity contribution in [1.82, 2.24) is 4.90 Å². The van der Waals surface area contributed by atoms with Crippen molar-refractivity contribution < 1.29 is 14.0 Å². The van der Waals surface area contributed by atoms with E-state index in [4.69, 9.17) is 9.68 Å². The van der Waals surface area contributed by atoms with Gasteiger partial charge in [0.1, 0.15) is 23.2 Å². The normalized spacial score (nSPS) is 11.0. The van der Waals surface area contributed by atoms with E-state index < -0.39 is 0 Å². The van der Waals surface area contributed by atoms with Gasteiger partial charge in [-0.1, -0.05) is 18.2 Å². The Morgan fingerprint density at radius 3 is 2.57 bits per heavy atom. The largest absolute Gasteiger partial charge is 0.457 e. The van der Waals surface area contributed by atoms with Gasteiger partial charge in [-0.3, -0.25) is 9.59 Å². The van der Waals surface area contributed by atoms with E-state index in [2.05, 4.69) is 0 Å². The lowest BCUT2D eigenvalue weighted by atomic mass is 10.1. The number of Topliss-reactive ketones (excluding diaryl/α,β-unsaturated/α-hetero) is 1. The summed E-state index contributed by atoms with van der Waals surface area (Å²) in [6, 6.07) is 12.4. The molecule has 0 spiro atoms. The fourth-order valence-corrected chi connectivity index (χ4v) is 2.00. The molecule has 0 N–H and O–H groups in total. The van der Waals surface area contributed by atoms with Gasteiger partial charge in [0.15, 0.2) is 5.78 Å². The highest BCUT2D eigenvalue weighted by molar-refractivity contribution is 6.01. The topological polar surface area (TPSA) is 74.3 Å². The van der Waals surface area contributed by atoms with Gasteiger partial charge in [-0.05, 0) is 25.1 Å². The Morgan fingerprint density at radius 1 is 1.22 bits per heavy atom. The molecule has 0 fully saturated rings. The molecule has 0 saturated carbocycles. The first-order valence-electron chi connectivity index (χ1n) is 6.97. The molecule has 23 heavy (non-hydrogen) atoms. The number of hydrogen-bond acceptors (Lipinski definition) is 4. The zero-order valence-electron chi connectivity index (χ0n) is 13.2. The van der Waals surface area contributed by atoms with Crippen molar-refractivity contribution in [2.45, 2.75) is 6.92 Å². The fraction of sp³-hybridized carbons (Fsp3) is 0.167. The van der Waals surface area contributed by atoms with E-state index >= 15 is 0 Å². The highest BCUT2D eigenvalue weighted by atomic mass is 16.3. The minimum Gasteiger partial charge on any atom is -0.457 e. The molecule has 0 saturated heterocycles. The maximum atomic E-state index is 11.8. The minimum atomic E-state index is -0.385. The standard InChI is InChI=1S/C18H16N2O3/c1-12(21)13-5-4-6-14(9-13)17-8-7-16(23-17)10-15(11-19)18(22)20(2)3/h4-10H,1-3H3/b15-10-. The van der Waals surface area contributed by atoms with Crippen LogP contribution in [0, 0.1) is 11.3 Å². The maximum absolute atomic E-state index is 11.8. The van der Waals surface area contributed by atoms with E-state index in [0.717, 1.165) is 5.56 Å². The van der Waals surface area contributed by atoms with Crippen LogP contribution in [-0.2, 0) is 4.79 Å². The van der Waals surface area contributed by atoms with Crippen LogP contribution in [0.4, 0.5) is 0 Å². The molecule has 0 radical (unpaired) electrons. The Balaban J connectivity index is 2.34. The van der Waals surface area contributed by atoms with Crippen LogP contribution < -0.4 is 0 Å². The summed E-state index contributed by atoms with van der Waals surface area (Å²) in [5.41, 5.74) is 1.35. The van der Waals surface area contributed by atoms with Crippen molar-refractivity contribution in [2.75, 3.05) is 14.1 Å². The number of amides is 1. The number of nitrogens with zero attached hydrogens (tertiary/aromatic N) is 2. The number of hydrogen-bond donors (Lipinski definition) is 0. The first kappa shape index (κ1) is 16.2. The number of furan rings is 1. The maximum Gasteiger partial charge on any atom is 0.264 e. The molecule has 0 unspecified atom stereocenters. The highest BCUT2D eigenvalue weighted by Gasteiger charge is 2.13. The summed E-state index contributed by atoms with van der Waals surface area (Å²) < 4.78 is 5.66. The Labute approximate surface area is 134 Å². The van der Waals surface area contributed by atoms with E-state index in [9.17, 15) is 9.59 Å². The smallest absolute Gasteiger partial charge is 0.264 e. The molecule has 0 bridgehead atoms. The third-order valence-electron chi connectivity index (χ3n) is 3.22. The van der Waals surface area contributed by atoms with Gasteiger partial charge in [0.2, 0.25) is 0 Å². The second kappa shape index (κ2) is 6.75. The zero-order valence-corrected chi connectivity index (χ0v) is 13.2. The summed E-state index contributed by atoms with van der Waals surface area (Å²) in [4.78, 5) is 24.6. The van der Waals surface area contributed by atoms with Crippen LogP contribution in [0.5, 0.6) is 0 Å². The van der Waals surface area contributed by atoms with Crippen LogP contribution in [0.2, 0.25) is 0 Å². The van der Waals surface area contributed by atoms with Crippen LogP contribution in [0.3, 0.4) is 0 Å². The number of benzene rings is 1. The first-order chi connectivity index (χ1) is 10.9. The number of nitriles is 1. The van der Waals surface area contributed by atoms with Crippen molar-refractivity contribution in [3.63, 3.8) is 0 Å². The average molecular weight is 308 g/mol. The highest BCUT2D eigenvalue weighted by Crippen LogP contribution is 2.24. The number of carbonyl (C=O) groups excluding carboxylic acids is 2. The van der Waals surface area contributed by atoms with Crippen LogP contribution in [0.1, 0.15) is 23.0 Å². The Kier molecular flexibility index (Phi) is 4.77. The van der Waals surface area contributed by atoms with Crippen molar-refractivity contribution in [2.24, 2.45) is 0 Å². The Hall–Kier alpha value is -3.13. The van der Waals surface area contributed by atoms with E-state index in [0.29, 0.717) is 17.1 Å². The van der Waals surface area contributed by atoms with Crippen LogP contribution >= 0.6 is 0 Å². The summed E-state index contributed by atoms with van der Waals surface area (Å²) in [7, 11) is 3.16. The molecule has 1 amide bonds. The molecule has 2 aromatic rings. The van der Waals surface area contributed by atoms with Gasteiger partial charge in [0, 0.05) is 31.3 Å². The SMILES string of the molecule is CC(=O)c1cccc(-c2ccc(/C=C(/C#N)C(=O)N(C)C)o2)c1. The van der Waals surface area contributed by atoms with Gasteiger partial charge < -0.3 is 9.32 Å². The molecule has 0 atom stereocenters. The monoisotopic (exact) mass is 308 g/mol. The second-order valence-electron chi connectivity index (χ2n) is 5.21. The van der Waals surface area contributed by atoms with Gasteiger partial charge in [-0.15, -0.1) is 0 Å². The van der Waals surface area contributed by atoms with Gasteiger partial charge in [-0.2, -0.15) is 5.26 Å². The third kappa shape index (κ3) is 3.74. The molecular formula is C18H16N2O3. The lowest BCUT2D eigenvalue weighted by molar-refractivity contribution is -0.124. The molecule has 116 valence electrons. The number of rotatable bonds is 4. The minimum absolute atomic E-state index is 0.00612. The van der Waals surface area contributed by atoms with E-state index in [-0.39, 0.29) is 17.3 Å². The van der Waals surface area contributed by atoms with Gasteiger partial charge in [-0.25, -0.2) is 0 Å². The predicted molar refractivity (Wildman–Crippen MR) is 86.4 cm³/mol. The quantitative estimate of drug-likeness (QED) is 0.494. The van der Waals surface area contributed by atoms with Gasteiger partial charge in [0.25, 0.3) is 5.91 Å². The Bertz CT molecular complexity index is 823. The molecule has 0 aliphatic heterocycles. The first-order valence-corrected chi connectivity index (χ1v) is 6.97. The van der Waals surface area contributed by atoms with E-state index in [1.807, 2.05) is 12.1 Å². The number of carbonyl (C=O) groups is 2. The molecule has 1 aromatic heterocycles. The fourth-order valence-electron chi connectivity index (χ4n) is 2.00. The second-order valence-corrected chi connectivity index (χ2v) is 5.21. The molecule has 5 nitrogen and oxygen atoms in total. The third-order valence-corrected chi connectivity index (χ3v) is 3.22. The zero-order chi connectivity index (χ0) is 17.0. The Morgan fingerprint density at radius 2 is 1.96 bits per heavy atom. The lowest BCUT2D eigenvalue weighted by Gasteiger charge is -2.07. The summed E-state index contributed by atoms with van der Waals surface area (Å²) in [6.45, 7) is 1.50. The predicted octanol–water partition coefficient (Wildman–Crippen LogP) is 3.14. The van der Waals surface area contributed by atoms with Gasteiger partial charge in [0.05, 0.1) is 0 Å². The van der Waals surface area contributed by atoms with Crippen LogP contribution in [0.25, 0.3) is 17.4 Å². The summed E-state index contributed by atoms with van der Waals surface area (Å²) in [6.07, 6.45) is 1.40. The van der Waals surface area contributed by atoms with Crippen molar-refractivity contribution in [3.8, 4) is 17.4 Å². The van der Waals surface area contributed by atoms with Crippen molar-refractivity contribution in [3.05, 3.63) is 53.3 Å². The van der Waals surface area contributed by atoms with Crippen molar-refractivity contribution in [1.29, 1.82) is 5.26 Å². The van der Waals surface area contributed by atoms with E-state index in [1.54, 1.807) is 44.4 Å². The molecule has 2 rings (SSSR count). The molecule has 1 aromatic carbocycles. The number of likely N-dealkylation sites (N-methyl/N-ethyl adjacent to an activating group) is 1. The average Bonchev–Trinajstić information content (AvgIpc) is 3.00.